The second kappa shape index (κ2) is 9.08. The van der Waals surface area contributed by atoms with E-state index in [9.17, 15) is 4.79 Å². The number of methoxy groups -OCH3 is 1. The summed E-state index contributed by atoms with van der Waals surface area (Å²) in [6, 6.07) is 21.9. The number of benzene rings is 3. The van der Waals surface area contributed by atoms with Crippen molar-refractivity contribution in [3.05, 3.63) is 72.3 Å². The number of nitrogens with one attached hydrogen (secondary N) is 1. The molecule has 4 nitrogen and oxygen atoms in total. The van der Waals surface area contributed by atoms with Gasteiger partial charge < -0.3 is 14.8 Å². The van der Waals surface area contributed by atoms with Gasteiger partial charge in [-0.15, -0.1) is 0 Å². The maximum atomic E-state index is 12.3. The van der Waals surface area contributed by atoms with E-state index < -0.39 is 6.10 Å². The van der Waals surface area contributed by atoms with Crippen molar-refractivity contribution in [3.8, 4) is 11.5 Å². The number of carbonyl (C=O) groups is 1. The number of hydrogen-bond acceptors (Lipinski definition) is 3. The molecule has 0 fully saturated rings. The van der Waals surface area contributed by atoms with E-state index >= 15 is 0 Å². The molecule has 4 heteroatoms. The van der Waals surface area contributed by atoms with Crippen LogP contribution in [0.4, 0.5) is 0 Å². The highest BCUT2D eigenvalue weighted by molar-refractivity contribution is 5.89. The molecule has 0 aromatic heterocycles. The lowest BCUT2D eigenvalue weighted by Crippen LogP contribution is -2.37. The summed E-state index contributed by atoms with van der Waals surface area (Å²) in [6.07, 6.45) is 1.20. The number of rotatable bonds is 8. The van der Waals surface area contributed by atoms with Crippen LogP contribution in [0.15, 0.2) is 66.7 Å². The summed E-state index contributed by atoms with van der Waals surface area (Å²) in [7, 11) is 1.66. The molecule has 1 atom stereocenters. The van der Waals surface area contributed by atoms with Crippen LogP contribution in [0.3, 0.4) is 0 Å². The molecule has 0 saturated carbocycles. The Balaban J connectivity index is 1.49. The molecule has 27 heavy (non-hydrogen) atoms. The Bertz CT molecular complexity index is 902. The third-order valence-corrected chi connectivity index (χ3v) is 4.50. The molecule has 140 valence electrons. The lowest BCUT2D eigenvalue weighted by Gasteiger charge is -2.16. The van der Waals surface area contributed by atoms with Crippen LogP contribution in [-0.2, 0) is 11.2 Å². The molecule has 1 amide bonds. The predicted octanol–water partition coefficient (Wildman–Crippen LogP) is 4.36. The molecule has 3 aromatic carbocycles. The van der Waals surface area contributed by atoms with E-state index in [1.165, 1.54) is 5.56 Å². The van der Waals surface area contributed by atoms with Crippen LogP contribution in [0.1, 0.15) is 18.9 Å². The molecule has 0 saturated heterocycles. The van der Waals surface area contributed by atoms with Crippen molar-refractivity contribution in [1.82, 2.24) is 5.32 Å². The van der Waals surface area contributed by atoms with Crippen molar-refractivity contribution in [1.29, 1.82) is 0 Å². The molecule has 0 unspecified atom stereocenters. The molecule has 0 aliphatic carbocycles. The maximum Gasteiger partial charge on any atom is 0.260 e. The fraction of sp³-hybridized carbons (Fsp3) is 0.261. The third kappa shape index (κ3) is 5.00. The summed E-state index contributed by atoms with van der Waals surface area (Å²) in [5.74, 6) is 1.48. The number of fused-ring (bicyclic) bond motifs is 1. The van der Waals surface area contributed by atoms with Gasteiger partial charge in [0.15, 0.2) is 6.10 Å². The largest absolute Gasteiger partial charge is 0.497 e. The fourth-order valence-electron chi connectivity index (χ4n) is 3.02. The van der Waals surface area contributed by atoms with Gasteiger partial charge in [0.2, 0.25) is 0 Å². The van der Waals surface area contributed by atoms with Crippen LogP contribution in [0, 0.1) is 0 Å². The smallest absolute Gasteiger partial charge is 0.260 e. The first-order valence-corrected chi connectivity index (χ1v) is 9.22. The van der Waals surface area contributed by atoms with Crippen molar-refractivity contribution in [3.63, 3.8) is 0 Å². The molecule has 1 N–H and O–H groups in total. The molecule has 0 bridgehead atoms. The maximum absolute atomic E-state index is 12.3. The zero-order chi connectivity index (χ0) is 19.1. The standard InChI is InChI=1S/C23H25NO3/c1-17(27-22-14-6-11-19-10-3-4-13-21(19)22)23(25)24-15-7-9-18-8-5-12-20(16-18)26-2/h3-6,8,10-14,16-17H,7,9,15H2,1-2H3,(H,24,25)/t17-/m1/s1. The number of amides is 1. The van der Waals surface area contributed by atoms with Crippen LogP contribution in [0.5, 0.6) is 11.5 Å². The Morgan fingerprint density at radius 1 is 1.04 bits per heavy atom. The molecular formula is C23H25NO3. The summed E-state index contributed by atoms with van der Waals surface area (Å²) in [4.78, 5) is 12.3. The second-order valence-corrected chi connectivity index (χ2v) is 6.48. The van der Waals surface area contributed by atoms with Crippen LogP contribution in [0.2, 0.25) is 0 Å². The summed E-state index contributed by atoms with van der Waals surface area (Å²) >= 11 is 0. The quantitative estimate of drug-likeness (QED) is 0.605. The fourth-order valence-corrected chi connectivity index (χ4v) is 3.02. The van der Waals surface area contributed by atoms with E-state index in [0.717, 1.165) is 35.1 Å². The van der Waals surface area contributed by atoms with Crippen molar-refractivity contribution in [2.75, 3.05) is 13.7 Å². The monoisotopic (exact) mass is 363 g/mol. The number of aryl methyl sites for hydroxylation is 1. The minimum atomic E-state index is -0.548. The van der Waals surface area contributed by atoms with Gasteiger partial charge in [0, 0.05) is 11.9 Å². The molecule has 0 heterocycles. The van der Waals surface area contributed by atoms with E-state index in [0.29, 0.717) is 6.54 Å². The Kier molecular flexibility index (Phi) is 6.31. The summed E-state index contributed by atoms with van der Waals surface area (Å²) in [6.45, 7) is 2.39. The van der Waals surface area contributed by atoms with Gasteiger partial charge >= 0.3 is 0 Å². The Morgan fingerprint density at radius 2 is 1.81 bits per heavy atom. The Morgan fingerprint density at radius 3 is 2.67 bits per heavy atom. The molecule has 3 rings (SSSR count). The van der Waals surface area contributed by atoms with Gasteiger partial charge in [-0.25, -0.2) is 0 Å². The summed E-state index contributed by atoms with van der Waals surface area (Å²) < 4.78 is 11.1. The minimum Gasteiger partial charge on any atom is -0.497 e. The van der Waals surface area contributed by atoms with Crippen molar-refractivity contribution < 1.29 is 14.3 Å². The van der Waals surface area contributed by atoms with Crippen LogP contribution < -0.4 is 14.8 Å². The van der Waals surface area contributed by atoms with Gasteiger partial charge in [-0.1, -0.05) is 48.5 Å². The first-order valence-electron chi connectivity index (χ1n) is 9.22. The van der Waals surface area contributed by atoms with Crippen LogP contribution in [0.25, 0.3) is 10.8 Å². The lowest BCUT2D eigenvalue weighted by atomic mass is 10.1. The summed E-state index contributed by atoms with van der Waals surface area (Å²) in [5.41, 5.74) is 1.20. The van der Waals surface area contributed by atoms with Gasteiger partial charge in [0.05, 0.1) is 7.11 Å². The highest BCUT2D eigenvalue weighted by Crippen LogP contribution is 2.26. The van der Waals surface area contributed by atoms with Crippen LogP contribution in [-0.4, -0.2) is 25.7 Å². The zero-order valence-electron chi connectivity index (χ0n) is 15.8. The Labute approximate surface area is 160 Å². The minimum absolute atomic E-state index is 0.103. The van der Waals surface area contributed by atoms with Crippen molar-refractivity contribution >= 4 is 16.7 Å². The topological polar surface area (TPSA) is 47.6 Å². The molecule has 3 aromatic rings. The molecular weight excluding hydrogens is 338 g/mol. The van der Waals surface area contributed by atoms with Gasteiger partial charge in [-0.05, 0) is 48.9 Å². The van der Waals surface area contributed by atoms with E-state index in [1.807, 2.05) is 60.7 Å². The first-order chi connectivity index (χ1) is 13.2. The average Bonchev–Trinajstić information content (AvgIpc) is 2.71. The van der Waals surface area contributed by atoms with Gasteiger partial charge in [0.1, 0.15) is 11.5 Å². The predicted molar refractivity (Wildman–Crippen MR) is 108 cm³/mol. The summed E-state index contributed by atoms with van der Waals surface area (Å²) in [5, 5.41) is 5.06. The SMILES string of the molecule is COc1cccc(CCCNC(=O)[C@@H](C)Oc2cccc3ccccc23)c1. The van der Waals surface area contributed by atoms with Gasteiger partial charge in [-0.3, -0.25) is 4.79 Å². The highest BCUT2D eigenvalue weighted by Gasteiger charge is 2.15. The van der Waals surface area contributed by atoms with E-state index in [4.69, 9.17) is 9.47 Å². The van der Waals surface area contributed by atoms with Crippen LogP contribution >= 0.6 is 0 Å². The van der Waals surface area contributed by atoms with E-state index in [-0.39, 0.29) is 5.91 Å². The zero-order valence-corrected chi connectivity index (χ0v) is 15.8. The van der Waals surface area contributed by atoms with E-state index in [1.54, 1.807) is 14.0 Å². The van der Waals surface area contributed by atoms with E-state index in [2.05, 4.69) is 11.4 Å². The number of ether oxygens (including phenoxy) is 2. The van der Waals surface area contributed by atoms with Crippen molar-refractivity contribution in [2.24, 2.45) is 0 Å². The molecule has 0 aliphatic heterocycles. The van der Waals surface area contributed by atoms with Crippen molar-refractivity contribution in [2.45, 2.75) is 25.9 Å². The number of carbonyl (C=O) groups excluding carboxylic acids is 1. The average molecular weight is 363 g/mol. The van der Waals surface area contributed by atoms with Gasteiger partial charge in [0.25, 0.3) is 5.91 Å². The first kappa shape index (κ1) is 18.8. The number of hydrogen-bond donors (Lipinski definition) is 1. The molecule has 0 radical (unpaired) electrons. The Hall–Kier alpha value is -3.01. The highest BCUT2D eigenvalue weighted by atomic mass is 16.5. The van der Waals surface area contributed by atoms with Gasteiger partial charge in [-0.2, -0.15) is 0 Å². The normalized spacial score (nSPS) is 11.8. The molecule has 0 spiro atoms. The lowest BCUT2D eigenvalue weighted by molar-refractivity contribution is -0.127. The molecule has 0 aliphatic rings. The second-order valence-electron chi connectivity index (χ2n) is 6.48. The third-order valence-electron chi connectivity index (χ3n) is 4.50.